The van der Waals surface area contributed by atoms with Crippen molar-refractivity contribution in [1.29, 1.82) is 0 Å². The fourth-order valence-corrected chi connectivity index (χ4v) is 2.42. The Hall–Kier alpha value is -1.34. The zero-order chi connectivity index (χ0) is 14.0. The van der Waals surface area contributed by atoms with E-state index in [1.807, 2.05) is 25.1 Å². The number of nitrogens with zero attached hydrogens (tertiary/aromatic N) is 1. The Labute approximate surface area is 129 Å². The molecule has 1 heterocycles. The third kappa shape index (κ3) is 3.36. The van der Waals surface area contributed by atoms with Crippen LogP contribution in [0, 0.1) is 10.5 Å². The highest BCUT2D eigenvalue weighted by Gasteiger charge is 2.12. The van der Waals surface area contributed by atoms with Crippen molar-refractivity contribution in [2.75, 3.05) is 5.32 Å². The summed E-state index contributed by atoms with van der Waals surface area (Å²) >= 11 is 8.03. The number of hydrogen-bond acceptors (Lipinski definition) is 3. The van der Waals surface area contributed by atoms with Gasteiger partial charge in [-0.3, -0.25) is 0 Å². The highest BCUT2D eigenvalue weighted by Crippen LogP contribution is 2.26. The minimum absolute atomic E-state index is 0.0855. The maximum Gasteiger partial charge on any atom is 0.339 e. The first-order valence-corrected chi connectivity index (χ1v) is 6.85. The van der Waals surface area contributed by atoms with Crippen LogP contribution in [0.5, 0.6) is 0 Å². The minimum Gasteiger partial charge on any atom is -0.478 e. The first-order valence-electron chi connectivity index (χ1n) is 5.39. The highest BCUT2D eigenvalue weighted by molar-refractivity contribution is 14.1. The third-order valence-electron chi connectivity index (χ3n) is 2.56. The molecule has 0 amide bonds. The van der Waals surface area contributed by atoms with Crippen molar-refractivity contribution in [3.63, 3.8) is 0 Å². The van der Waals surface area contributed by atoms with Crippen LogP contribution in [-0.4, -0.2) is 16.1 Å². The molecular weight excluding hydrogens is 379 g/mol. The number of carboxylic acid groups (broad SMARTS) is 1. The number of aromatic carboxylic acids is 1. The molecule has 0 aliphatic heterocycles. The molecule has 0 saturated carbocycles. The number of halogens is 2. The van der Waals surface area contributed by atoms with Crippen LogP contribution in [0.2, 0.25) is 5.15 Å². The summed E-state index contributed by atoms with van der Waals surface area (Å²) in [4.78, 5) is 14.9. The summed E-state index contributed by atoms with van der Waals surface area (Å²) in [5, 5.41) is 12.5. The predicted molar refractivity (Wildman–Crippen MR) is 83.4 cm³/mol. The summed E-state index contributed by atoms with van der Waals surface area (Å²) in [7, 11) is 0. The van der Waals surface area contributed by atoms with Gasteiger partial charge >= 0.3 is 5.97 Å². The van der Waals surface area contributed by atoms with Crippen LogP contribution < -0.4 is 5.32 Å². The molecule has 0 atom stereocenters. The molecule has 98 valence electrons. The second kappa shape index (κ2) is 5.75. The molecule has 1 aromatic carbocycles. The van der Waals surface area contributed by atoms with Crippen molar-refractivity contribution in [3.05, 3.63) is 50.3 Å². The molecule has 0 saturated heterocycles. The highest BCUT2D eigenvalue weighted by atomic mass is 127. The van der Waals surface area contributed by atoms with Gasteiger partial charge in [0.25, 0.3) is 0 Å². The Morgan fingerprint density at radius 2 is 2.11 bits per heavy atom. The van der Waals surface area contributed by atoms with E-state index in [0.717, 1.165) is 14.8 Å². The van der Waals surface area contributed by atoms with Crippen molar-refractivity contribution >= 4 is 51.5 Å². The molecular formula is C13H10ClIN2O2. The van der Waals surface area contributed by atoms with Crippen molar-refractivity contribution in [2.24, 2.45) is 0 Å². The quantitative estimate of drug-likeness (QED) is 0.614. The van der Waals surface area contributed by atoms with Gasteiger partial charge in [-0.05, 0) is 59.3 Å². The lowest BCUT2D eigenvalue weighted by Crippen LogP contribution is -2.04. The van der Waals surface area contributed by atoms with Crippen LogP contribution in [0.4, 0.5) is 11.4 Å². The molecule has 19 heavy (non-hydrogen) atoms. The summed E-state index contributed by atoms with van der Waals surface area (Å²) in [5.74, 6) is -1.05. The van der Waals surface area contributed by atoms with Gasteiger partial charge in [0.05, 0.1) is 5.69 Å². The van der Waals surface area contributed by atoms with E-state index in [-0.39, 0.29) is 10.7 Å². The molecule has 0 aliphatic rings. The first kappa shape index (κ1) is 14.1. The van der Waals surface area contributed by atoms with Gasteiger partial charge < -0.3 is 10.4 Å². The topological polar surface area (TPSA) is 62.2 Å². The molecule has 0 bridgehead atoms. The minimum atomic E-state index is -1.05. The lowest BCUT2D eigenvalue weighted by molar-refractivity contribution is 0.0697. The normalized spacial score (nSPS) is 10.3. The molecule has 4 nitrogen and oxygen atoms in total. The molecule has 6 heteroatoms. The third-order valence-corrected chi connectivity index (χ3v) is 3.44. The molecule has 0 spiro atoms. The van der Waals surface area contributed by atoms with Gasteiger partial charge in [-0.15, -0.1) is 0 Å². The molecule has 1 aromatic heterocycles. The number of rotatable bonds is 3. The molecule has 0 unspecified atom stereocenters. The lowest BCUT2D eigenvalue weighted by atomic mass is 10.1. The molecule has 0 fully saturated rings. The number of hydrogen-bond donors (Lipinski definition) is 2. The van der Waals surface area contributed by atoms with Crippen LogP contribution in [0.1, 0.15) is 15.9 Å². The number of anilines is 2. The predicted octanol–water partition coefficient (Wildman–Crippen LogP) is 4.09. The fraction of sp³-hybridized carbons (Fsp3) is 0.0769. The Balaban J connectivity index is 2.42. The summed E-state index contributed by atoms with van der Waals surface area (Å²) in [6, 6.07) is 7.35. The van der Waals surface area contributed by atoms with Gasteiger partial charge in [0.15, 0.2) is 0 Å². The zero-order valence-corrected chi connectivity index (χ0v) is 12.9. The van der Waals surface area contributed by atoms with E-state index in [1.165, 1.54) is 12.3 Å². The monoisotopic (exact) mass is 388 g/mol. The summed E-state index contributed by atoms with van der Waals surface area (Å²) in [6.07, 6.45) is 1.25. The van der Waals surface area contributed by atoms with E-state index >= 15 is 0 Å². The molecule has 2 N–H and O–H groups in total. The second-order valence-electron chi connectivity index (χ2n) is 3.94. The number of benzene rings is 1. The van der Waals surface area contributed by atoms with E-state index in [1.54, 1.807) is 0 Å². The molecule has 0 aliphatic carbocycles. The van der Waals surface area contributed by atoms with Crippen molar-refractivity contribution < 1.29 is 9.90 Å². The number of carboxylic acids is 1. The maximum atomic E-state index is 11.1. The number of aromatic nitrogens is 1. The van der Waals surface area contributed by atoms with Crippen molar-refractivity contribution in [3.8, 4) is 0 Å². The van der Waals surface area contributed by atoms with Gasteiger partial charge in [-0.1, -0.05) is 11.6 Å². The lowest BCUT2D eigenvalue weighted by Gasteiger charge is -2.12. The fourth-order valence-electron chi connectivity index (χ4n) is 1.62. The van der Waals surface area contributed by atoms with Crippen LogP contribution in [0.25, 0.3) is 0 Å². The van der Waals surface area contributed by atoms with E-state index in [9.17, 15) is 4.79 Å². The second-order valence-corrected chi connectivity index (χ2v) is 5.57. The van der Waals surface area contributed by atoms with Crippen molar-refractivity contribution in [1.82, 2.24) is 4.98 Å². The Morgan fingerprint density at radius 3 is 2.74 bits per heavy atom. The first-order chi connectivity index (χ1) is 8.97. The number of nitrogens with one attached hydrogen (secondary N) is 1. The zero-order valence-electron chi connectivity index (χ0n) is 9.95. The van der Waals surface area contributed by atoms with Crippen LogP contribution in [0.15, 0.2) is 30.5 Å². The van der Waals surface area contributed by atoms with Gasteiger partial charge in [0.1, 0.15) is 10.7 Å². The van der Waals surface area contributed by atoms with Gasteiger partial charge in [0.2, 0.25) is 0 Å². The van der Waals surface area contributed by atoms with E-state index < -0.39 is 5.97 Å². The Bertz CT molecular complexity index is 647. The maximum absolute atomic E-state index is 11.1. The van der Waals surface area contributed by atoms with E-state index in [2.05, 4.69) is 32.9 Å². The number of aryl methyl sites for hydroxylation is 1. The number of carbonyl (C=O) groups is 1. The van der Waals surface area contributed by atoms with E-state index in [4.69, 9.17) is 16.7 Å². The van der Waals surface area contributed by atoms with Crippen LogP contribution in [0.3, 0.4) is 0 Å². The smallest absolute Gasteiger partial charge is 0.339 e. The summed E-state index contributed by atoms with van der Waals surface area (Å²) < 4.78 is 1.12. The average Bonchev–Trinajstić information content (AvgIpc) is 2.32. The molecule has 2 rings (SSSR count). The Morgan fingerprint density at radius 1 is 1.37 bits per heavy atom. The van der Waals surface area contributed by atoms with Gasteiger partial charge in [-0.2, -0.15) is 0 Å². The van der Waals surface area contributed by atoms with Gasteiger partial charge in [0, 0.05) is 15.5 Å². The van der Waals surface area contributed by atoms with Gasteiger partial charge in [-0.25, -0.2) is 9.78 Å². The van der Waals surface area contributed by atoms with Crippen LogP contribution >= 0.6 is 34.2 Å². The van der Waals surface area contributed by atoms with Crippen molar-refractivity contribution in [2.45, 2.75) is 6.92 Å². The Kier molecular flexibility index (Phi) is 4.26. The standard InChI is InChI=1S/C13H10ClIN2O2/c1-7-4-8(15)2-3-10(7)17-11-5-12(14)16-6-9(11)13(18)19/h2-6H,1H3,(H,16,17)(H,18,19). The number of pyridine rings is 1. The van der Waals surface area contributed by atoms with Crippen LogP contribution in [-0.2, 0) is 0 Å². The summed E-state index contributed by atoms with van der Waals surface area (Å²) in [6.45, 7) is 1.95. The SMILES string of the molecule is Cc1cc(I)ccc1Nc1cc(Cl)ncc1C(=O)O. The van der Waals surface area contributed by atoms with E-state index in [0.29, 0.717) is 5.69 Å². The summed E-state index contributed by atoms with van der Waals surface area (Å²) in [5.41, 5.74) is 2.38. The molecule has 2 aromatic rings. The molecule has 0 radical (unpaired) electrons. The largest absolute Gasteiger partial charge is 0.478 e. The average molecular weight is 389 g/mol.